The van der Waals surface area contributed by atoms with E-state index in [2.05, 4.69) is 88.5 Å². The van der Waals surface area contributed by atoms with Crippen molar-refractivity contribution >= 4 is 27.5 Å². The second-order valence-electron chi connectivity index (χ2n) is 8.65. The van der Waals surface area contributed by atoms with Gasteiger partial charge >= 0.3 is 0 Å². The standard InChI is InChI=1S/C27H28N2OS/c1-20-7-5-6-10-24(20)19-29-25(18-23-13-16-31-27(23)29)26(30)28-14-11-22(12-15-28)17-21-8-3-2-4-9-21/h2-10,13,16,18,22H,11-12,14-15,17,19H2,1H3. The summed E-state index contributed by atoms with van der Waals surface area (Å²) in [5.74, 6) is 0.837. The highest BCUT2D eigenvalue weighted by Crippen LogP contribution is 2.29. The van der Waals surface area contributed by atoms with Crippen LogP contribution in [0.1, 0.15) is 40.0 Å². The van der Waals surface area contributed by atoms with Gasteiger partial charge in [0, 0.05) is 25.0 Å². The van der Waals surface area contributed by atoms with Crippen LogP contribution in [0.4, 0.5) is 0 Å². The van der Waals surface area contributed by atoms with Crippen molar-refractivity contribution in [2.75, 3.05) is 13.1 Å². The molecule has 0 unspecified atom stereocenters. The van der Waals surface area contributed by atoms with Crippen LogP contribution in [0.2, 0.25) is 0 Å². The molecule has 0 bridgehead atoms. The Balaban J connectivity index is 1.33. The molecule has 0 aliphatic carbocycles. The lowest BCUT2D eigenvalue weighted by atomic mass is 9.90. The van der Waals surface area contributed by atoms with E-state index < -0.39 is 0 Å². The molecule has 5 rings (SSSR count). The zero-order chi connectivity index (χ0) is 21.2. The maximum Gasteiger partial charge on any atom is 0.270 e. The van der Waals surface area contributed by atoms with Crippen molar-refractivity contribution in [2.45, 2.75) is 32.7 Å². The molecule has 1 saturated heterocycles. The van der Waals surface area contributed by atoms with Gasteiger partial charge < -0.3 is 9.47 Å². The number of carbonyl (C=O) groups excluding carboxylic acids is 1. The van der Waals surface area contributed by atoms with Crippen molar-refractivity contribution in [1.82, 2.24) is 9.47 Å². The van der Waals surface area contributed by atoms with Crippen LogP contribution >= 0.6 is 11.3 Å². The van der Waals surface area contributed by atoms with Crippen molar-refractivity contribution in [2.24, 2.45) is 5.92 Å². The van der Waals surface area contributed by atoms with Gasteiger partial charge in [-0.3, -0.25) is 4.79 Å². The minimum Gasteiger partial charge on any atom is -0.337 e. The number of amides is 1. The Morgan fingerprint density at radius 1 is 1.00 bits per heavy atom. The van der Waals surface area contributed by atoms with Gasteiger partial charge in [0.1, 0.15) is 10.5 Å². The molecule has 4 heteroatoms. The second kappa shape index (κ2) is 8.72. The molecule has 0 radical (unpaired) electrons. The van der Waals surface area contributed by atoms with E-state index in [9.17, 15) is 4.79 Å². The summed E-state index contributed by atoms with van der Waals surface area (Å²) in [7, 11) is 0. The minimum atomic E-state index is 0.176. The Morgan fingerprint density at radius 3 is 2.52 bits per heavy atom. The van der Waals surface area contributed by atoms with Crippen LogP contribution in [-0.2, 0) is 13.0 Å². The van der Waals surface area contributed by atoms with Gasteiger partial charge in [-0.15, -0.1) is 11.3 Å². The smallest absolute Gasteiger partial charge is 0.270 e. The zero-order valence-electron chi connectivity index (χ0n) is 18.0. The van der Waals surface area contributed by atoms with Gasteiger partial charge in [-0.1, -0.05) is 54.6 Å². The maximum atomic E-state index is 13.5. The van der Waals surface area contributed by atoms with E-state index in [0.29, 0.717) is 5.92 Å². The number of benzene rings is 2. The van der Waals surface area contributed by atoms with Gasteiger partial charge in [0.2, 0.25) is 0 Å². The number of fused-ring (bicyclic) bond motifs is 1. The van der Waals surface area contributed by atoms with E-state index in [0.717, 1.165) is 44.6 Å². The molecule has 158 valence electrons. The minimum absolute atomic E-state index is 0.176. The Bertz CT molecular complexity index is 1180. The van der Waals surface area contributed by atoms with Gasteiger partial charge in [-0.05, 0) is 66.3 Å². The van der Waals surface area contributed by atoms with Crippen molar-refractivity contribution in [3.63, 3.8) is 0 Å². The molecular formula is C27H28N2OS. The number of hydrogen-bond acceptors (Lipinski definition) is 2. The van der Waals surface area contributed by atoms with E-state index in [1.165, 1.54) is 26.9 Å². The fourth-order valence-corrected chi connectivity index (χ4v) is 5.61. The summed E-state index contributed by atoms with van der Waals surface area (Å²) in [5.41, 5.74) is 4.76. The van der Waals surface area contributed by atoms with Crippen molar-refractivity contribution in [3.8, 4) is 0 Å². The molecule has 2 aromatic heterocycles. The summed E-state index contributed by atoms with van der Waals surface area (Å²) in [6.45, 7) is 4.57. The topological polar surface area (TPSA) is 25.2 Å². The highest BCUT2D eigenvalue weighted by molar-refractivity contribution is 7.16. The Labute approximate surface area is 187 Å². The molecule has 3 nitrogen and oxygen atoms in total. The number of thiophene rings is 1. The average molecular weight is 429 g/mol. The molecular weight excluding hydrogens is 400 g/mol. The van der Waals surface area contributed by atoms with Crippen LogP contribution in [0.3, 0.4) is 0 Å². The number of nitrogens with zero attached hydrogens (tertiary/aromatic N) is 2. The van der Waals surface area contributed by atoms with Crippen LogP contribution in [0.5, 0.6) is 0 Å². The number of piperidine rings is 1. The molecule has 4 aromatic rings. The fraction of sp³-hybridized carbons (Fsp3) is 0.296. The van der Waals surface area contributed by atoms with Crippen molar-refractivity contribution in [3.05, 3.63) is 94.5 Å². The lowest BCUT2D eigenvalue weighted by molar-refractivity contribution is 0.0680. The molecule has 0 N–H and O–H groups in total. The Hall–Kier alpha value is -2.85. The van der Waals surface area contributed by atoms with Crippen LogP contribution in [0, 0.1) is 12.8 Å². The van der Waals surface area contributed by atoms with Crippen LogP contribution in [0.25, 0.3) is 10.2 Å². The first kappa shape index (κ1) is 20.1. The highest BCUT2D eigenvalue weighted by atomic mass is 32.1. The Kier molecular flexibility index (Phi) is 5.65. The summed E-state index contributed by atoms with van der Waals surface area (Å²) in [6, 6.07) is 23.4. The van der Waals surface area contributed by atoms with E-state index in [1.807, 2.05) is 0 Å². The molecule has 0 atom stereocenters. The number of aryl methyl sites for hydroxylation is 1. The van der Waals surface area contributed by atoms with E-state index >= 15 is 0 Å². The number of hydrogen-bond donors (Lipinski definition) is 0. The van der Waals surface area contributed by atoms with Crippen LogP contribution in [-0.4, -0.2) is 28.5 Å². The number of carbonyl (C=O) groups is 1. The SMILES string of the molecule is Cc1ccccc1Cn1c(C(=O)N2CCC(Cc3ccccc3)CC2)cc2ccsc21. The lowest BCUT2D eigenvalue weighted by Gasteiger charge is -2.32. The molecule has 1 amide bonds. The van der Waals surface area contributed by atoms with E-state index in [4.69, 9.17) is 0 Å². The fourth-order valence-electron chi connectivity index (χ4n) is 4.72. The summed E-state index contributed by atoms with van der Waals surface area (Å²) in [5, 5.41) is 3.28. The summed E-state index contributed by atoms with van der Waals surface area (Å²) in [4.78, 5) is 16.8. The molecule has 0 saturated carbocycles. The van der Waals surface area contributed by atoms with Gasteiger partial charge in [0.25, 0.3) is 5.91 Å². The quantitative estimate of drug-likeness (QED) is 0.374. The summed E-state index contributed by atoms with van der Waals surface area (Å²) < 4.78 is 2.22. The van der Waals surface area contributed by atoms with Gasteiger partial charge in [-0.25, -0.2) is 0 Å². The number of rotatable bonds is 5. The third kappa shape index (κ3) is 4.17. The van der Waals surface area contributed by atoms with Crippen LogP contribution < -0.4 is 0 Å². The normalized spacial score (nSPS) is 14.9. The van der Waals surface area contributed by atoms with Gasteiger partial charge in [-0.2, -0.15) is 0 Å². The molecule has 31 heavy (non-hydrogen) atoms. The van der Waals surface area contributed by atoms with Gasteiger partial charge in [0.05, 0.1) is 0 Å². The highest BCUT2D eigenvalue weighted by Gasteiger charge is 2.27. The monoisotopic (exact) mass is 428 g/mol. The predicted octanol–water partition coefficient (Wildman–Crippen LogP) is 6.15. The first-order chi connectivity index (χ1) is 15.2. The first-order valence-corrected chi connectivity index (χ1v) is 12.0. The third-order valence-corrected chi connectivity index (χ3v) is 7.53. The van der Waals surface area contributed by atoms with Crippen LogP contribution in [0.15, 0.2) is 72.1 Å². The molecule has 1 fully saturated rings. The van der Waals surface area contributed by atoms with E-state index in [-0.39, 0.29) is 5.91 Å². The summed E-state index contributed by atoms with van der Waals surface area (Å²) in [6.07, 6.45) is 3.27. The molecule has 3 heterocycles. The molecule has 1 aliphatic rings. The van der Waals surface area contributed by atoms with Gasteiger partial charge in [0.15, 0.2) is 0 Å². The predicted molar refractivity (Wildman–Crippen MR) is 129 cm³/mol. The molecule has 2 aromatic carbocycles. The lowest BCUT2D eigenvalue weighted by Crippen LogP contribution is -2.39. The third-order valence-electron chi connectivity index (χ3n) is 6.58. The second-order valence-corrected chi connectivity index (χ2v) is 9.54. The maximum absolute atomic E-state index is 13.5. The summed E-state index contributed by atoms with van der Waals surface area (Å²) >= 11 is 1.72. The van der Waals surface area contributed by atoms with Crippen molar-refractivity contribution in [1.29, 1.82) is 0 Å². The Morgan fingerprint density at radius 2 is 1.74 bits per heavy atom. The largest absolute Gasteiger partial charge is 0.337 e. The molecule has 0 spiro atoms. The molecule has 1 aliphatic heterocycles. The zero-order valence-corrected chi connectivity index (χ0v) is 18.8. The average Bonchev–Trinajstić information content (AvgIpc) is 3.39. The first-order valence-electron chi connectivity index (χ1n) is 11.1. The number of aromatic nitrogens is 1. The van der Waals surface area contributed by atoms with Crippen molar-refractivity contribution < 1.29 is 4.79 Å². The number of likely N-dealkylation sites (tertiary alicyclic amines) is 1. The van der Waals surface area contributed by atoms with E-state index in [1.54, 1.807) is 11.3 Å².